The van der Waals surface area contributed by atoms with E-state index in [-0.39, 0.29) is 19.4 Å². The summed E-state index contributed by atoms with van der Waals surface area (Å²) in [5, 5.41) is 12.4. The average Bonchev–Trinajstić information content (AvgIpc) is 2.84. The van der Waals surface area contributed by atoms with Crippen LogP contribution in [0.5, 0.6) is 0 Å². The summed E-state index contributed by atoms with van der Waals surface area (Å²) >= 11 is 6.22. The Morgan fingerprint density at radius 1 is 1.23 bits per heavy atom. The van der Waals surface area contributed by atoms with Gasteiger partial charge in [-0.05, 0) is 74.4 Å². The lowest BCUT2D eigenvalue weighted by Crippen LogP contribution is -2.44. The Bertz CT molecular complexity index is 1620. The van der Waals surface area contributed by atoms with Gasteiger partial charge in [0.15, 0.2) is 0 Å². The van der Waals surface area contributed by atoms with Crippen molar-refractivity contribution in [1.29, 1.82) is 0 Å². The van der Waals surface area contributed by atoms with Crippen LogP contribution in [0.1, 0.15) is 67.8 Å². The number of nitrogens with one attached hydrogen (secondary N) is 2. The van der Waals surface area contributed by atoms with Crippen LogP contribution in [-0.4, -0.2) is 38.2 Å². The molecule has 0 aliphatic carbocycles. The molecule has 1 unspecified atom stereocenters. The van der Waals surface area contributed by atoms with Crippen molar-refractivity contribution in [1.82, 2.24) is 14.9 Å². The predicted molar refractivity (Wildman–Crippen MR) is 149 cm³/mol. The lowest BCUT2D eigenvalue weighted by Gasteiger charge is -2.33. The van der Waals surface area contributed by atoms with Crippen molar-refractivity contribution in [3.63, 3.8) is 0 Å². The van der Waals surface area contributed by atoms with Crippen molar-refractivity contribution in [2.45, 2.75) is 70.6 Å². The van der Waals surface area contributed by atoms with Crippen LogP contribution in [0.2, 0.25) is 5.02 Å². The van der Waals surface area contributed by atoms with Crippen molar-refractivity contribution < 1.29 is 24.2 Å². The van der Waals surface area contributed by atoms with Crippen molar-refractivity contribution in [3.8, 4) is 0 Å². The lowest BCUT2D eigenvalue weighted by molar-refractivity contribution is -0.137. The van der Waals surface area contributed by atoms with Gasteiger partial charge in [-0.1, -0.05) is 29.8 Å². The van der Waals surface area contributed by atoms with Gasteiger partial charge in [0.05, 0.1) is 23.0 Å². The highest BCUT2D eigenvalue weighted by atomic mass is 35.5. The smallest absolute Gasteiger partial charge is 0.407 e. The summed E-state index contributed by atoms with van der Waals surface area (Å²) in [5.41, 5.74) is 6.81. The summed E-state index contributed by atoms with van der Waals surface area (Å²) in [6.07, 6.45) is 0.0343. The molecule has 212 valence electrons. The Kier molecular flexibility index (Phi) is 8.06. The number of aryl methyl sites for hydroxylation is 2. The molecule has 0 saturated carbocycles. The minimum atomic E-state index is -1.04. The van der Waals surface area contributed by atoms with Gasteiger partial charge in [0, 0.05) is 18.0 Å². The zero-order valence-electron chi connectivity index (χ0n) is 22.4. The molecule has 1 aliphatic heterocycles. The number of amides is 2. The van der Waals surface area contributed by atoms with Crippen LogP contribution in [0, 0.1) is 0 Å². The number of primary amides is 1. The number of nitrogens with zero attached hydrogens (tertiary/aromatic N) is 1. The maximum atomic E-state index is 13.2. The van der Waals surface area contributed by atoms with Crippen LogP contribution in [0.3, 0.4) is 0 Å². The number of rotatable bonds is 8. The number of hydrogen-bond donors (Lipinski definition) is 4. The van der Waals surface area contributed by atoms with E-state index in [4.69, 9.17) is 22.1 Å². The molecule has 3 aromatic rings. The number of carboxylic acids is 1. The third kappa shape index (κ3) is 6.20. The molecule has 2 heterocycles. The van der Waals surface area contributed by atoms with Crippen molar-refractivity contribution in [2.75, 3.05) is 0 Å². The van der Waals surface area contributed by atoms with E-state index in [9.17, 15) is 29.1 Å². The number of aromatic amines is 1. The second kappa shape index (κ2) is 11.2. The number of ether oxygens (including phenoxy) is 1. The minimum Gasteiger partial charge on any atom is -0.481 e. The molecule has 0 fully saturated rings. The van der Waals surface area contributed by atoms with Gasteiger partial charge in [0.2, 0.25) is 5.91 Å². The second-order valence-corrected chi connectivity index (χ2v) is 11.3. The number of carbonyl (C=O) groups excluding carboxylic acids is 2. The topological polar surface area (TPSA) is 174 Å². The number of benzene rings is 2. The van der Waals surface area contributed by atoms with E-state index in [0.717, 1.165) is 5.56 Å². The molecule has 0 spiro atoms. The van der Waals surface area contributed by atoms with Gasteiger partial charge in [-0.15, -0.1) is 0 Å². The number of alkyl carbamates (subject to hydrolysis) is 1. The Labute approximate surface area is 234 Å². The van der Waals surface area contributed by atoms with Crippen LogP contribution in [0.15, 0.2) is 39.9 Å². The maximum Gasteiger partial charge on any atom is 0.407 e. The summed E-state index contributed by atoms with van der Waals surface area (Å²) in [4.78, 5) is 64.9. The van der Waals surface area contributed by atoms with Crippen LogP contribution < -0.4 is 22.2 Å². The highest BCUT2D eigenvalue weighted by Gasteiger charge is 2.36. The summed E-state index contributed by atoms with van der Waals surface area (Å²) < 4.78 is 6.59. The number of carbonyl (C=O) groups is 3. The quantitative estimate of drug-likeness (QED) is 0.301. The molecule has 0 bridgehead atoms. The van der Waals surface area contributed by atoms with Gasteiger partial charge in [-0.25, -0.2) is 4.79 Å². The lowest BCUT2D eigenvalue weighted by atomic mass is 9.81. The number of carboxylic acid groups (broad SMARTS) is 1. The second-order valence-electron chi connectivity index (χ2n) is 10.9. The first-order valence-electron chi connectivity index (χ1n) is 12.8. The molecular formula is C28H31ClN4O7. The van der Waals surface area contributed by atoms with Gasteiger partial charge >= 0.3 is 23.2 Å². The van der Waals surface area contributed by atoms with Crippen LogP contribution in [-0.2, 0) is 33.7 Å². The predicted octanol–water partition coefficient (Wildman–Crippen LogP) is 3.14. The van der Waals surface area contributed by atoms with E-state index in [1.54, 1.807) is 51.1 Å². The van der Waals surface area contributed by atoms with Gasteiger partial charge < -0.3 is 25.9 Å². The zero-order valence-corrected chi connectivity index (χ0v) is 23.1. The number of nitrogens with two attached hydrogens (primary N) is 1. The molecule has 0 saturated heterocycles. The van der Waals surface area contributed by atoms with E-state index in [0.29, 0.717) is 45.6 Å². The van der Waals surface area contributed by atoms with Crippen LogP contribution in [0.4, 0.5) is 4.79 Å². The van der Waals surface area contributed by atoms with E-state index in [1.807, 2.05) is 0 Å². The molecule has 2 aromatic carbocycles. The molecule has 4 rings (SSSR count). The van der Waals surface area contributed by atoms with Crippen LogP contribution >= 0.6 is 11.6 Å². The molecule has 1 aliphatic rings. The summed E-state index contributed by atoms with van der Waals surface area (Å²) in [6, 6.07) is 7.53. The Morgan fingerprint density at radius 2 is 1.95 bits per heavy atom. The van der Waals surface area contributed by atoms with E-state index in [1.165, 1.54) is 4.57 Å². The van der Waals surface area contributed by atoms with Gasteiger partial charge in [-0.2, -0.15) is 0 Å². The van der Waals surface area contributed by atoms with Gasteiger partial charge in [0.1, 0.15) is 5.60 Å². The zero-order chi connectivity index (χ0) is 29.4. The minimum absolute atomic E-state index is 0.0767. The van der Waals surface area contributed by atoms with Gasteiger partial charge in [-0.3, -0.25) is 23.7 Å². The fraction of sp³-hybridized carbons (Fsp3) is 0.393. The Hall–Kier alpha value is -4.12. The van der Waals surface area contributed by atoms with E-state index < -0.39 is 46.6 Å². The molecule has 5 N–H and O–H groups in total. The highest BCUT2D eigenvalue weighted by molar-refractivity contribution is 6.31. The molecular weight excluding hydrogens is 540 g/mol. The third-order valence-electron chi connectivity index (χ3n) is 6.77. The molecule has 2 amide bonds. The number of aromatic nitrogens is 2. The normalized spacial score (nSPS) is 15.4. The Morgan fingerprint density at radius 3 is 2.60 bits per heavy atom. The fourth-order valence-electron chi connectivity index (χ4n) is 5.25. The number of hydrogen-bond acceptors (Lipinski definition) is 6. The fourth-order valence-corrected chi connectivity index (χ4v) is 5.49. The van der Waals surface area contributed by atoms with Crippen molar-refractivity contribution >= 4 is 40.6 Å². The molecule has 2 atom stereocenters. The van der Waals surface area contributed by atoms with E-state index >= 15 is 0 Å². The Balaban J connectivity index is 1.79. The van der Waals surface area contributed by atoms with Crippen molar-refractivity contribution in [2.24, 2.45) is 5.73 Å². The summed E-state index contributed by atoms with van der Waals surface area (Å²) in [6.45, 7) is 5.33. The van der Waals surface area contributed by atoms with Gasteiger partial charge in [0.25, 0.3) is 0 Å². The maximum absolute atomic E-state index is 13.2. The van der Waals surface area contributed by atoms with Crippen molar-refractivity contribution in [3.05, 3.63) is 78.3 Å². The highest BCUT2D eigenvalue weighted by Crippen LogP contribution is 2.40. The van der Waals surface area contributed by atoms with E-state index in [2.05, 4.69) is 10.3 Å². The summed E-state index contributed by atoms with van der Waals surface area (Å²) in [7, 11) is 0. The SMILES string of the molecule is CC(C)(C)OC(=O)NCc1ccc(C(C(N)=O)[C@@H]2CCc3cc(Cl)cc4[nH]c(=O)c(=O)n2c34)c(CCC(=O)O)c1. The number of aliphatic carboxylic acids is 1. The standard InChI is InChI=1S/C28H31ClN4O7/c1-28(2,3)40-27(39)31-13-14-4-7-18(15(10-14)6-9-21(34)35)22(24(30)36)20-8-5-16-11-17(29)12-19-23(16)33(20)26(38)25(37)32-19/h4,7,10-12,20,22H,5-6,8-9,13H2,1-3H3,(H2,30,36)(H,31,39)(H,32,37)(H,34,35)/t20-,22?/m0/s1. The number of H-pyrrole nitrogens is 1. The number of halogens is 1. The monoisotopic (exact) mass is 570 g/mol. The van der Waals surface area contributed by atoms with Crippen LogP contribution in [0.25, 0.3) is 11.0 Å². The molecule has 12 heteroatoms. The molecule has 0 radical (unpaired) electrons. The third-order valence-corrected chi connectivity index (χ3v) is 6.99. The average molecular weight is 571 g/mol. The molecule has 1 aromatic heterocycles. The molecule has 40 heavy (non-hydrogen) atoms. The first-order valence-corrected chi connectivity index (χ1v) is 13.2. The summed E-state index contributed by atoms with van der Waals surface area (Å²) in [5.74, 6) is -2.79. The first kappa shape index (κ1) is 28.9. The first-order chi connectivity index (χ1) is 18.7. The largest absolute Gasteiger partial charge is 0.481 e. The molecule has 11 nitrogen and oxygen atoms in total.